The fraction of sp³-hybridized carbons (Fsp3) is 0.282. The van der Waals surface area contributed by atoms with Gasteiger partial charge in [-0.1, -0.05) is 92.4 Å². The Balaban J connectivity index is 1.54. The summed E-state index contributed by atoms with van der Waals surface area (Å²) in [5.41, 5.74) is 0.958. The van der Waals surface area contributed by atoms with Gasteiger partial charge in [0, 0.05) is 14.7 Å². The molecular formula is C39H40O10Si. The van der Waals surface area contributed by atoms with Crippen LogP contribution in [-0.2, 0) is 28.4 Å². The number of ether oxygens (including phenoxy) is 6. The smallest absolute Gasteiger partial charge is 0.338 e. The van der Waals surface area contributed by atoms with Crippen LogP contribution in [0.3, 0.4) is 0 Å². The van der Waals surface area contributed by atoms with Crippen LogP contribution < -0.4 is 0 Å². The van der Waals surface area contributed by atoms with Gasteiger partial charge in [-0.2, -0.15) is 0 Å². The Bertz CT molecular complexity index is 1710. The summed E-state index contributed by atoms with van der Waals surface area (Å²) < 4.78 is 36.4. The first-order valence-corrected chi connectivity index (χ1v) is 20.1. The fourth-order valence-corrected chi connectivity index (χ4v) is 5.87. The Kier molecular flexibility index (Phi) is 12.3. The van der Waals surface area contributed by atoms with E-state index < -0.39 is 69.3 Å². The second-order valence-electron chi connectivity index (χ2n) is 12.9. The molecular weight excluding hydrogens is 657 g/mol. The highest BCUT2D eigenvalue weighted by Crippen LogP contribution is 2.32. The Hall–Kier alpha value is -5.10. The first-order chi connectivity index (χ1) is 24.1. The summed E-state index contributed by atoms with van der Waals surface area (Å²) in [6, 6.07) is 33.9. The second-order valence-corrected chi connectivity index (χ2v) is 18.5. The summed E-state index contributed by atoms with van der Waals surface area (Å²) in [6.07, 6.45) is -6.75. The van der Waals surface area contributed by atoms with Gasteiger partial charge in [-0.05, 0) is 54.6 Å². The van der Waals surface area contributed by atoms with E-state index in [0.29, 0.717) is 5.56 Å². The number of benzene rings is 4. The number of hydrogen-bond donors (Lipinski definition) is 0. The van der Waals surface area contributed by atoms with Gasteiger partial charge in [-0.3, -0.25) is 0 Å². The number of carbonyl (C=O) groups is 4. The number of esters is 4. The predicted molar refractivity (Wildman–Crippen MR) is 186 cm³/mol. The van der Waals surface area contributed by atoms with Crippen molar-refractivity contribution in [3.05, 3.63) is 144 Å². The predicted octanol–water partition coefficient (Wildman–Crippen LogP) is 6.60. The van der Waals surface area contributed by atoms with E-state index in [4.69, 9.17) is 28.4 Å². The van der Waals surface area contributed by atoms with Crippen molar-refractivity contribution >= 4 is 32.0 Å². The van der Waals surface area contributed by atoms with E-state index >= 15 is 0 Å². The third kappa shape index (κ3) is 9.97. The molecule has 0 bridgehead atoms. The van der Waals surface area contributed by atoms with Gasteiger partial charge >= 0.3 is 23.9 Å². The normalized spacial score (nSPS) is 20.3. The molecule has 1 aliphatic rings. The van der Waals surface area contributed by atoms with E-state index in [9.17, 15) is 19.2 Å². The largest absolute Gasteiger partial charge is 0.459 e. The minimum Gasteiger partial charge on any atom is -0.459 e. The highest BCUT2D eigenvalue weighted by atomic mass is 28.3. The first kappa shape index (κ1) is 36.2. The van der Waals surface area contributed by atoms with Crippen LogP contribution in [0, 0.1) is 0 Å². The summed E-state index contributed by atoms with van der Waals surface area (Å²) in [7, 11) is -1.61. The van der Waals surface area contributed by atoms with Gasteiger partial charge in [0.2, 0.25) is 0 Å². The standard InChI is InChI=1S/C39H40O10Si/c1-50(2,3)25-24-44-39-34(49-38(43)30-22-14-7-15-23-30)33(48-37(42)29-20-12-6-13-21-29)32(47-36(41)28-18-10-5-11-19-28)31(46-39)26-45-35(40)27-16-8-4-9-17-27/h4-23,31-34,39H,24-26H2,1-3H3/t31-,32-,33+,34+,39+/m1/s1. The zero-order valence-corrected chi connectivity index (χ0v) is 29.1. The topological polar surface area (TPSA) is 124 Å². The molecule has 5 atom stereocenters. The quantitative estimate of drug-likeness (QED) is 0.0858. The van der Waals surface area contributed by atoms with Crippen molar-refractivity contribution in [1.82, 2.24) is 0 Å². The van der Waals surface area contributed by atoms with E-state index in [-0.39, 0.29) is 23.3 Å². The lowest BCUT2D eigenvalue weighted by atomic mass is 9.97. The fourth-order valence-electron chi connectivity index (χ4n) is 5.14. The van der Waals surface area contributed by atoms with Crippen LogP contribution in [0.25, 0.3) is 0 Å². The Morgan fingerprint density at radius 2 is 0.920 bits per heavy atom. The highest BCUT2D eigenvalue weighted by Gasteiger charge is 2.53. The molecule has 11 heteroatoms. The van der Waals surface area contributed by atoms with Crippen molar-refractivity contribution in [2.45, 2.75) is 56.4 Å². The molecule has 10 nitrogen and oxygen atoms in total. The number of rotatable bonds is 13. The second kappa shape index (κ2) is 17.0. The monoisotopic (exact) mass is 696 g/mol. The molecule has 1 saturated heterocycles. The van der Waals surface area contributed by atoms with Crippen molar-refractivity contribution in [1.29, 1.82) is 0 Å². The minimum absolute atomic E-state index is 0.212. The summed E-state index contributed by atoms with van der Waals surface area (Å²) in [5, 5.41) is 0. The third-order valence-electron chi connectivity index (χ3n) is 7.87. The molecule has 260 valence electrons. The zero-order valence-electron chi connectivity index (χ0n) is 28.1. The number of hydrogen-bond acceptors (Lipinski definition) is 10. The molecule has 0 unspecified atom stereocenters. The average Bonchev–Trinajstić information content (AvgIpc) is 3.13. The van der Waals surface area contributed by atoms with E-state index in [1.165, 1.54) is 0 Å². The van der Waals surface area contributed by atoms with Crippen LogP contribution in [0.4, 0.5) is 0 Å². The van der Waals surface area contributed by atoms with E-state index in [2.05, 4.69) is 19.6 Å². The molecule has 0 aliphatic carbocycles. The van der Waals surface area contributed by atoms with Crippen LogP contribution in [0.15, 0.2) is 121 Å². The third-order valence-corrected chi connectivity index (χ3v) is 9.58. The van der Waals surface area contributed by atoms with Crippen molar-refractivity contribution in [3.8, 4) is 0 Å². The molecule has 4 aromatic rings. The molecule has 4 aromatic carbocycles. The van der Waals surface area contributed by atoms with Gasteiger partial charge in [-0.25, -0.2) is 19.2 Å². The maximum Gasteiger partial charge on any atom is 0.338 e. The number of carbonyl (C=O) groups excluding carboxylic acids is 4. The van der Waals surface area contributed by atoms with Gasteiger partial charge in [0.15, 0.2) is 24.6 Å². The van der Waals surface area contributed by atoms with E-state index in [1.54, 1.807) is 121 Å². The molecule has 0 amide bonds. The van der Waals surface area contributed by atoms with E-state index in [0.717, 1.165) is 6.04 Å². The SMILES string of the molecule is C[Si](C)(C)CCO[C@H]1O[C@H](COC(=O)c2ccccc2)[C@@H](OC(=O)c2ccccc2)[C@H](OC(=O)c2ccccc2)[C@@H]1OC(=O)c1ccccc1. The summed E-state index contributed by atoms with van der Waals surface area (Å²) in [4.78, 5) is 53.8. The molecule has 0 N–H and O–H groups in total. The van der Waals surface area contributed by atoms with E-state index in [1.807, 2.05) is 0 Å². The van der Waals surface area contributed by atoms with Crippen LogP contribution in [0.1, 0.15) is 41.4 Å². The molecule has 0 saturated carbocycles. The summed E-state index contributed by atoms with van der Waals surface area (Å²) in [6.45, 7) is 6.37. The molecule has 0 aromatic heterocycles. The molecule has 1 fully saturated rings. The molecule has 50 heavy (non-hydrogen) atoms. The first-order valence-electron chi connectivity index (χ1n) is 16.4. The summed E-state index contributed by atoms with van der Waals surface area (Å²) in [5.74, 6) is -2.90. The maximum absolute atomic E-state index is 13.7. The Morgan fingerprint density at radius 3 is 1.34 bits per heavy atom. The van der Waals surface area contributed by atoms with Crippen molar-refractivity contribution in [2.24, 2.45) is 0 Å². The van der Waals surface area contributed by atoms with Gasteiger partial charge in [-0.15, -0.1) is 0 Å². The van der Waals surface area contributed by atoms with Crippen molar-refractivity contribution in [2.75, 3.05) is 13.2 Å². The minimum atomic E-state index is -1.61. The molecule has 1 heterocycles. The highest BCUT2D eigenvalue weighted by molar-refractivity contribution is 6.76. The average molecular weight is 697 g/mol. The molecule has 5 rings (SSSR count). The van der Waals surface area contributed by atoms with Crippen molar-refractivity contribution in [3.63, 3.8) is 0 Å². The Labute approximate surface area is 292 Å². The molecule has 1 aliphatic heterocycles. The van der Waals surface area contributed by atoms with Gasteiger partial charge in [0.25, 0.3) is 0 Å². The lowest BCUT2D eigenvalue weighted by Gasteiger charge is -2.44. The maximum atomic E-state index is 13.7. The van der Waals surface area contributed by atoms with Gasteiger partial charge < -0.3 is 28.4 Å². The van der Waals surface area contributed by atoms with Crippen LogP contribution in [0.2, 0.25) is 25.7 Å². The van der Waals surface area contributed by atoms with Crippen molar-refractivity contribution < 1.29 is 47.6 Å². The lowest BCUT2D eigenvalue weighted by molar-refractivity contribution is -0.297. The molecule has 0 spiro atoms. The molecule has 0 radical (unpaired) electrons. The lowest BCUT2D eigenvalue weighted by Crippen LogP contribution is -2.63. The van der Waals surface area contributed by atoms with Crippen LogP contribution in [-0.4, -0.2) is 75.9 Å². The Morgan fingerprint density at radius 1 is 0.540 bits per heavy atom. The van der Waals surface area contributed by atoms with Gasteiger partial charge in [0.05, 0.1) is 22.3 Å². The summed E-state index contributed by atoms with van der Waals surface area (Å²) >= 11 is 0. The van der Waals surface area contributed by atoms with Gasteiger partial charge in [0.1, 0.15) is 12.7 Å². The zero-order chi connectivity index (χ0) is 35.5. The van der Waals surface area contributed by atoms with Crippen LogP contribution in [0.5, 0.6) is 0 Å². The van der Waals surface area contributed by atoms with Crippen LogP contribution >= 0.6 is 0 Å².